The third-order valence-corrected chi connectivity index (χ3v) is 6.92. The molecule has 124 valence electrons. The Hall–Kier alpha value is -1.06. The Labute approximate surface area is 141 Å². The van der Waals surface area contributed by atoms with E-state index in [0.29, 0.717) is 22.8 Å². The Kier molecular flexibility index (Phi) is 3.51. The quantitative estimate of drug-likeness (QED) is 0.877. The average Bonchev–Trinajstić information content (AvgIpc) is 2.42. The van der Waals surface area contributed by atoms with Crippen molar-refractivity contribution in [3.8, 4) is 0 Å². The molecule has 3 nitrogen and oxygen atoms in total. The molecule has 0 saturated heterocycles. The van der Waals surface area contributed by atoms with E-state index < -0.39 is 11.6 Å². The molecule has 5 rings (SSSR count). The van der Waals surface area contributed by atoms with Gasteiger partial charge in [0.05, 0.1) is 12.0 Å². The fraction of sp³-hybridized carbons (Fsp3) is 0.632. The Bertz CT molecular complexity index is 625. The molecule has 1 aromatic rings. The maximum atomic E-state index is 11.6. The maximum Gasteiger partial charge on any atom is 0.303 e. The van der Waals surface area contributed by atoms with Crippen LogP contribution < -0.4 is 0 Å². The molecule has 23 heavy (non-hydrogen) atoms. The molecule has 1 aromatic carbocycles. The van der Waals surface area contributed by atoms with Gasteiger partial charge in [0, 0.05) is 5.02 Å². The van der Waals surface area contributed by atoms with Gasteiger partial charge in [0.25, 0.3) is 0 Å². The van der Waals surface area contributed by atoms with E-state index in [4.69, 9.17) is 11.6 Å². The predicted molar refractivity (Wildman–Crippen MR) is 88.3 cm³/mol. The van der Waals surface area contributed by atoms with Crippen LogP contribution in [-0.4, -0.2) is 21.8 Å². The smallest absolute Gasteiger partial charge is 0.303 e. The fourth-order valence-corrected chi connectivity index (χ4v) is 6.31. The Morgan fingerprint density at radius 3 is 2.48 bits per heavy atom. The van der Waals surface area contributed by atoms with Crippen LogP contribution in [0.25, 0.3) is 0 Å². The molecule has 4 bridgehead atoms. The average molecular weight is 335 g/mol. The van der Waals surface area contributed by atoms with Crippen LogP contribution in [0, 0.1) is 23.2 Å². The monoisotopic (exact) mass is 334 g/mol. The highest BCUT2D eigenvalue weighted by Crippen LogP contribution is 2.65. The number of aliphatic hydroxyl groups is 1. The predicted octanol–water partition coefficient (Wildman–Crippen LogP) is 3.91. The fourth-order valence-electron chi connectivity index (χ4n) is 6.10. The number of carboxylic acid groups (broad SMARTS) is 1. The number of carbonyl (C=O) groups is 1. The van der Waals surface area contributed by atoms with Crippen molar-refractivity contribution in [3.63, 3.8) is 0 Å². The first-order valence-corrected chi connectivity index (χ1v) is 8.95. The van der Waals surface area contributed by atoms with Crippen LogP contribution in [0.1, 0.15) is 44.1 Å². The molecule has 0 spiro atoms. The summed E-state index contributed by atoms with van der Waals surface area (Å²) in [4.78, 5) is 11.6. The summed E-state index contributed by atoms with van der Waals surface area (Å²) >= 11 is 6.13. The van der Waals surface area contributed by atoms with Crippen LogP contribution in [0.4, 0.5) is 0 Å². The molecule has 0 heterocycles. The third-order valence-electron chi connectivity index (χ3n) is 6.69. The summed E-state index contributed by atoms with van der Waals surface area (Å²) in [5, 5.41) is 21.1. The van der Waals surface area contributed by atoms with Gasteiger partial charge in [0.1, 0.15) is 0 Å². The van der Waals surface area contributed by atoms with Crippen LogP contribution >= 0.6 is 11.6 Å². The van der Waals surface area contributed by atoms with Gasteiger partial charge >= 0.3 is 5.97 Å². The molecule has 0 radical (unpaired) electrons. The summed E-state index contributed by atoms with van der Waals surface area (Å²) in [6.07, 6.45) is 5.58. The summed E-state index contributed by atoms with van der Waals surface area (Å²) in [6, 6.07) is 7.81. The minimum atomic E-state index is -0.716. The highest BCUT2D eigenvalue weighted by molar-refractivity contribution is 6.30. The zero-order chi connectivity index (χ0) is 16.2. The lowest BCUT2D eigenvalue weighted by molar-refractivity contribution is -0.198. The van der Waals surface area contributed by atoms with E-state index in [-0.39, 0.29) is 11.8 Å². The van der Waals surface area contributed by atoms with Crippen LogP contribution in [0.3, 0.4) is 0 Å². The SMILES string of the molecule is O=C(O)CC1(Cc2cccc(Cl)c2)C2CC3CC1CC(O)(C3)C2. The van der Waals surface area contributed by atoms with Crippen molar-refractivity contribution in [2.75, 3.05) is 0 Å². The number of rotatable bonds is 4. The van der Waals surface area contributed by atoms with Gasteiger partial charge in [-0.2, -0.15) is 0 Å². The second-order valence-corrected chi connectivity index (χ2v) is 8.61. The number of hydrogen-bond donors (Lipinski definition) is 2. The lowest BCUT2D eigenvalue weighted by Gasteiger charge is -2.64. The first-order valence-electron chi connectivity index (χ1n) is 8.57. The van der Waals surface area contributed by atoms with E-state index in [1.54, 1.807) is 0 Å². The van der Waals surface area contributed by atoms with Gasteiger partial charge in [-0.3, -0.25) is 4.79 Å². The first-order chi connectivity index (χ1) is 10.9. The summed E-state index contributed by atoms with van der Waals surface area (Å²) < 4.78 is 0. The molecule has 0 amide bonds. The summed E-state index contributed by atoms with van der Waals surface area (Å²) in [7, 11) is 0. The van der Waals surface area contributed by atoms with Gasteiger partial charge in [0.2, 0.25) is 0 Å². The van der Waals surface area contributed by atoms with Gasteiger partial charge in [-0.15, -0.1) is 0 Å². The Morgan fingerprint density at radius 2 is 1.91 bits per heavy atom. The topological polar surface area (TPSA) is 57.5 Å². The Balaban J connectivity index is 1.71. The van der Waals surface area contributed by atoms with Gasteiger partial charge in [0.15, 0.2) is 0 Å². The van der Waals surface area contributed by atoms with Crippen molar-refractivity contribution in [3.05, 3.63) is 34.9 Å². The lowest BCUT2D eigenvalue weighted by Crippen LogP contribution is -2.61. The minimum Gasteiger partial charge on any atom is -0.481 e. The highest BCUT2D eigenvalue weighted by Gasteiger charge is 2.61. The van der Waals surface area contributed by atoms with Crippen LogP contribution in [0.2, 0.25) is 5.02 Å². The molecule has 4 aliphatic carbocycles. The van der Waals surface area contributed by atoms with Gasteiger partial charge in [-0.1, -0.05) is 23.7 Å². The number of carboxylic acids is 1. The van der Waals surface area contributed by atoms with E-state index in [1.807, 2.05) is 18.2 Å². The van der Waals surface area contributed by atoms with E-state index in [9.17, 15) is 15.0 Å². The minimum absolute atomic E-state index is 0.206. The molecule has 0 aromatic heterocycles. The summed E-state index contributed by atoms with van der Waals surface area (Å²) in [5.74, 6) is 0.493. The summed E-state index contributed by atoms with van der Waals surface area (Å²) in [6.45, 7) is 0. The second-order valence-electron chi connectivity index (χ2n) is 8.18. The van der Waals surface area contributed by atoms with Crippen LogP contribution in [-0.2, 0) is 11.2 Å². The number of aliphatic carboxylic acids is 1. The van der Waals surface area contributed by atoms with Crippen molar-refractivity contribution >= 4 is 17.6 Å². The molecule has 2 atom stereocenters. The largest absolute Gasteiger partial charge is 0.481 e. The third kappa shape index (κ3) is 2.58. The van der Waals surface area contributed by atoms with Crippen molar-refractivity contribution in [2.24, 2.45) is 23.2 Å². The first kappa shape index (κ1) is 15.5. The summed E-state index contributed by atoms with van der Waals surface area (Å²) in [5.41, 5.74) is 0.366. The maximum absolute atomic E-state index is 11.6. The number of hydrogen-bond acceptors (Lipinski definition) is 2. The van der Waals surface area contributed by atoms with Crippen LogP contribution in [0.15, 0.2) is 24.3 Å². The zero-order valence-electron chi connectivity index (χ0n) is 13.2. The molecule has 4 heteroatoms. The normalized spacial score (nSPS) is 41.2. The molecule has 4 saturated carbocycles. The van der Waals surface area contributed by atoms with Crippen LogP contribution in [0.5, 0.6) is 0 Å². The van der Waals surface area contributed by atoms with E-state index in [0.717, 1.165) is 44.1 Å². The standard InChI is InChI=1S/C19H23ClO3/c20-16-3-1-2-12(6-16)8-19(11-17(21)22)14-4-13-5-15(19)10-18(23,7-13)9-14/h1-3,6,13-15,23H,4-5,7-11H2,(H,21,22). The molecule has 2 unspecified atom stereocenters. The van der Waals surface area contributed by atoms with E-state index >= 15 is 0 Å². The number of benzene rings is 1. The lowest BCUT2D eigenvalue weighted by atomic mass is 9.42. The van der Waals surface area contributed by atoms with Gasteiger partial charge < -0.3 is 10.2 Å². The van der Waals surface area contributed by atoms with E-state index in [2.05, 4.69) is 6.07 Å². The number of halogens is 1. The van der Waals surface area contributed by atoms with Crippen molar-refractivity contribution in [1.82, 2.24) is 0 Å². The second kappa shape index (κ2) is 5.22. The van der Waals surface area contributed by atoms with Gasteiger partial charge in [-0.25, -0.2) is 0 Å². The Morgan fingerprint density at radius 1 is 1.22 bits per heavy atom. The molecule has 2 N–H and O–H groups in total. The molecule has 0 aliphatic heterocycles. The van der Waals surface area contributed by atoms with Crippen molar-refractivity contribution < 1.29 is 15.0 Å². The molecular weight excluding hydrogens is 312 g/mol. The molecular formula is C19H23ClO3. The zero-order valence-corrected chi connectivity index (χ0v) is 13.9. The molecule has 4 aliphatic rings. The van der Waals surface area contributed by atoms with Crippen molar-refractivity contribution in [2.45, 2.75) is 50.5 Å². The van der Waals surface area contributed by atoms with Gasteiger partial charge in [-0.05, 0) is 79.4 Å². The molecule has 4 fully saturated rings. The highest BCUT2D eigenvalue weighted by atomic mass is 35.5. The van der Waals surface area contributed by atoms with Crippen molar-refractivity contribution in [1.29, 1.82) is 0 Å². The van der Waals surface area contributed by atoms with E-state index in [1.165, 1.54) is 0 Å².